The van der Waals surface area contributed by atoms with Crippen molar-refractivity contribution in [3.05, 3.63) is 46.4 Å². The van der Waals surface area contributed by atoms with E-state index in [0.29, 0.717) is 0 Å². The number of aromatic carboxylic acids is 1. The van der Waals surface area contributed by atoms with E-state index in [9.17, 15) is 9.90 Å². The standard InChI is InChI=1S/C11H7BrO2.K/c12-10-4-3-7-5-9(11(13)14)2-1-8(7)6-10;/h1-6H,(H,13,14);/q;+1/p-1. The fourth-order valence-corrected chi connectivity index (χ4v) is 1.72. The second-order valence-electron chi connectivity index (χ2n) is 2.99. The molecular weight excluding hydrogens is 283 g/mol. The molecule has 70 valence electrons. The van der Waals surface area contributed by atoms with Gasteiger partial charge in [-0.1, -0.05) is 34.1 Å². The number of carbonyl (C=O) groups excluding carboxylic acids is 1. The fraction of sp³-hybridized carbons (Fsp3) is 0. The normalized spacial score (nSPS) is 9.67. The minimum absolute atomic E-state index is 0. The van der Waals surface area contributed by atoms with Crippen molar-refractivity contribution in [3.63, 3.8) is 0 Å². The summed E-state index contributed by atoms with van der Waals surface area (Å²) in [6, 6.07) is 10.6. The Morgan fingerprint density at radius 3 is 2.33 bits per heavy atom. The number of hydrogen-bond acceptors (Lipinski definition) is 2. The molecule has 0 saturated heterocycles. The Kier molecular flexibility index (Phi) is 4.95. The Bertz CT molecular complexity index is 511. The summed E-state index contributed by atoms with van der Waals surface area (Å²) in [5.74, 6) is -1.14. The van der Waals surface area contributed by atoms with Gasteiger partial charge in [0.15, 0.2) is 0 Å². The molecule has 2 nitrogen and oxygen atoms in total. The van der Waals surface area contributed by atoms with E-state index in [1.54, 1.807) is 18.2 Å². The van der Waals surface area contributed by atoms with Crippen molar-refractivity contribution in [2.24, 2.45) is 0 Å². The monoisotopic (exact) mass is 288 g/mol. The molecule has 0 aliphatic heterocycles. The Hall–Kier alpha value is 0.286. The van der Waals surface area contributed by atoms with Crippen LogP contribution in [0.3, 0.4) is 0 Å². The van der Waals surface area contributed by atoms with Gasteiger partial charge in [-0.3, -0.25) is 0 Å². The number of hydrogen-bond donors (Lipinski definition) is 0. The number of carbonyl (C=O) groups is 1. The minimum atomic E-state index is -1.14. The van der Waals surface area contributed by atoms with Crippen molar-refractivity contribution < 1.29 is 61.3 Å². The molecule has 0 heterocycles. The third-order valence-corrected chi connectivity index (χ3v) is 2.53. The average molecular weight is 289 g/mol. The van der Waals surface area contributed by atoms with Gasteiger partial charge < -0.3 is 9.90 Å². The molecule has 4 heteroatoms. The maximum Gasteiger partial charge on any atom is 1.00 e. The zero-order chi connectivity index (χ0) is 10.1. The minimum Gasteiger partial charge on any atom is -0.545 e. The first-order valence-corrected chi connectivity index (χ1v) is 4.87. The van der Waals surface area contributed by atoms with Crippen LogP contribution in [0.4, 0.5) is 0 Å². The Morgan fingerprint density at radius 1 is 1.07 bits per heavy atom. The average Bonchev–Trinajstić information content (AvgIpc) is 2.16. The van der Waals surface area contributed by atoms with Crippen LogP contribution in [0.15, 0.2) is 40.9 Å². The van der Waals surface area contributed by atoms with Gasteiger partial charge in [-0.05, 0) is 34.5 Å². The second-order valence-corrected chi connectivity index (χ2v) is 3.91. The van der Waals surface area contributed by atoms with Crippen LogP contribution in [0, 0.1) is 0 Å². The number of halogens is 1. The number of rotatable bonds is 1. The van der Waals surface area contributed by atoms with Gasteiger partial charge >= 0.3 is 51.4 Å². The summed E-state index contributed by atoms with van der Waals surface area (Å²) in [6.45, 7) is 0. The molecule has 0 aliphatic carbocycles. The molecule has 2 aromatic carbocycles. The van der Waals surface area contributed by atoms with Crippen molar-refractivity contribution in [2.45, 2.75) is 0 Å². The molecule has 15 heavy (non-hydrogen) atoms. The summed E-state index contributed by atoms with van der Waals surface area (Å²) < 4.78 is 0.978. The molecule has 2 rings (SSSR count). The second kappa shape index (κ2) is 5.57. The van der Waals surface area contributed by atoms with E-state index < -0.39 is 5.97 Å². The van der Waals surface area contributed by atoms with E-state index >= 15 is 0 Å². The molecule has 0 saturated carbocycles. The first-order chi connectivity index (χ1) is 6.66. The molecule has 0 atom stereocenters. The maximum atomic E-state index is 10.6. The van der Waals surface area contributed by atoms with Gasteiger partial charge in [0.25, 0.3) is 0 Å². The molecular formula is C11H6BrKO2. The summed E-state index contributed by atoms with van der Waals surface area (Å²) in [5.41, 5.74) is 0.208. The largest absolute Gasteiger partial charge is 1.00 e. The third kappa shape index (κ3) is 3.12. The SMILES string of the molecule is O=C([O-])c1ccc2cc(Br)ccc2c1.[K+]. The zero-order valence-electron chi connectivity index (χ0n) is 8.16. The van der Waals surface area contributed by atoms with Gasteiger partial charge in [-0.25, -0.2) is 0 Å². The number of benzene rings is 2. The van der Waals surface area contributed by atoms with E-state index in [2.05, 4.69) is 15.9 Å². The molecule has 0 amide bonds. The summed E-state index contributed by atoms with van der Waals surface area (Å²) in [5, 5.41) is 12.5. The molecule has 0 aromatic heterocycles. The Morgan fingerprint density at radius 2 is 1.67 bits per heavy atom. The Labute approximate surface area is 138 Å². The molecule has 0 fully saturated rings. The molecule has 0 radical (unpaired) electrons. The van der Waals surface area contributed by atoms with Crippen molar-refractivity contribution in [3.8, 4) is 0 Å². The first kappa shape index (κ1) is 13.4. The van der Waals surface area contributed by atoms with Crippen molar-refractivity contribution in [1.29, 1.82) is 0 Å². The van der Waals surface area contributed by atoms with Crippen LogP contribution >= 0.6 is 15.9 Å². The summed E-state index contributed by atoms with van der Waals surface area (Å²) in [7, 11) is 0. The fourth-order valence-electron chi connectivity index (χ4n) is 1.34. The summed E-state index contributed by atoms with van der Waals surface area (Å²) in [6.07, 6.45) is 0. The van der Waals surface area contributed by atoms with Crippen molar-refractivity contribution in [2.75, 3.05) is 0 Å². The van der Waals surface area contributed by atoms with E-state index in [-0.39, 0.29) is 56.9 Å². The predicted molar refractivity (Wildman–Crippen MR) is 56.0 cm³/mol. The van der Waals surface area contributed by atoms with Gasteiger partial charge in [0.05, 0.1) is 5.97 Å². The molecule has 0 spiro atoms. The van der Waals surface area contributed by atoms with Gasteiger partial charge in [-0.15, -0.1) is 0 Å². The molecule has 0 N–H and O–H groups in total. The topological polar surface area (TPSA) is 40.1 Å². The van der Waals surface area contributed by atoms with Crippen LogP contribution in [-0.2, 0) is 0 Å². The van der Waals surface area contributed by atoms with Gasteiger partial charge in [0, 0.05) is 4.47 Å². The van der Waals surface area contributed by atoms with E-state index in [4.69, 9.17) is 0 Å². The van der Waals surface area contributed by atoms with Crippen LogP contribution in [0.5, 0.6) is 0 Å². The zero-order valence-corrected chi connectivity index (χ0v) is 12.9. The summed E-state index contributed by atoms with van der Waals surface area (Å²) >= 11 is 3.35. The quantitative estimate of drug-likeness (QED) is 0.630. The van der Waals surface area contributed by atoms with E-state index in [0.717, 1.165) is 15.2 Å². The van der Waals surface area contributed by atoms with Crippen LogP contribution in [-0.4, -0.2) is 5.97 Å². The number of carboxylic acid groups (broad SMARTS) is 1. The van der Waals surface area contributed by atoms with Crippen molar-refractivity contribution >= 4 is 32.7 Å². The van der Waals surface area contributed by atoms with Crippen LogP contribution < -0.4 is 56.5 Å². The molecule has 0 unspecified atom stereocenters. The summed E-state index contributed by atoms with van der Waals surface area (Å²) in [4.78, 5) is 10.6. The predicted octanol–water partition coefficient (Wildman–Crippen LogP) is -1.03. The van der Waals surface area contributed by atoms with Crippen molar-refractivity contribution in [1.82, 2.24) is 0 Å². The Balaban J connectivity index is 0.00000112. The van der Waals surface area contributed by atoms with Crippen LogP contribution in [0.2, 0.25) is 0 Å². The third-order valence-electron chi connectivity index (χ3n) is 2.04. The molecule has 2 aromatic rings. The van der Waals surface area contributed by atoms with Crippen LogP contribution in [0.1, 0.15) is 10.4 Å². The first-order valence-electron chi connectivity index (χ1n) is 4.07. The van der Waals surface area contributed by atoms with E-state index in [1.807, 2.05) is 18.2 Å². The van der Waals surface area contributed by atoms with E-state index in [1.165, 1.54) is 0 Å². The molecule has 0 bridgehead atoms. The van der Waals surface area contributed by atoms with Gasteiger partial charge in [0.2, 0.25) is 0 Å². The molecule has 0 aliphatic rings. The number of carboxylic acids is 1. The smallest absolute Gasteiger partial charge is 0.545 e. The van der Waals surface area contributed by atoms with Gasteiger partial charge in [-0.2, -0.15) is 0 Å². The van der Waals surface area contributed by atoms with Gasteiger partial charge in [0.1, 0.15) is 0 Å². The number of fused-ring (bicyclic) bond motifs is 1. The van der Waals surface area contributed by atoms with Crippen LogP contribution in [0.25, 0.3) is 10.8 Å². The maximum absolute atomic E-state index is 10.6.